The van der Waals surface area contributed by atoms with Crippen molar-refractivity contribution in [2.75, 3.05) is 0 Å². The highest BCUT2D eigenvalue weighted by molar-refractivity contribution is 6.34. The predicted molar refractivity (Wildman–Crippen MR) is 224 cm³/mol. The van der Waals surface area contributed by atoms with Gasteiger partial charge in [0, 0.05) is 49.7 Å². The average Bonchev–Trinajstić information content (AvgIpc) is 3.85. The van der Waals surface area contributed by atoms with Crippen LogP contribution in [-0.2, 0) is 5.41 Å². The van der Waals surface area contributed by atoms with Crippen molar-refractivity contribution in [3.8, 4) is 6.07 Å². The Labute approximate surface area is 321 Å². The average molecular weight is 719 g/mol. The SMILES string of the molecule is CC12CCC(C)(CC1)c1cc3c4c5oc6cc7ccccc7cc6c5cc5c6c7c(c(C#N)cc6n(c3cc1C2=O)c54)C1c2ccccc2C7c2ccccc21. The van der Waals surface area contributed by atoms with Gasteiger partial charge >= 0.3 is 0 Å². The zero-order valence-electron chi connectivity index (χ0n) is 31.1. The Hall–Kier alpha value is -6.44. The third-order valence-electron chi connectivity index (χ3n) is 15.2. The van der Waals surface area contributed by atoms with E-state index in [9.17, 15) is 10.1 Å². The van der Waals surface area contributed by atoms with E-state index in [2.05, 4.69) is 134 Å². The number of ketones is 1. The zero-order valence-corrected chi connectivity index (χ0v) is 31.1. The summed E-state index contributed by atoms with van der Waals surface area (Å²) >= 11 is 0. The fourth-order valence-corrected chi connectivity index (χ4v) is 12.4. The normalized spacial score (nSPS) is 23.4. The summed E-state index contributed by atoms with van der Waals surface area (Å²) in [6.45, 7) is 4.56. The number of fused-ring (bicyclic) bond motifs is 13. The number of Topliss-reactive ketones (excluding diaryl/α,β-unsaturated/α-hetero) is 1. The van der Waals surface area contributed by atoms with Crippen molar-refractivity contribution in [3.05, 3.63) is 159 Å². The summed E-state index contributed by atoms with van der Waals surface area (Å²) in [4.78, 5) is 14.7. The summed E-state index contributed by atoms with van der Waals surface area (Å²) < 4.78 is 9.43. The number of aromatic nitrogens is 1. The van der Waals surface area contributed by atoms with Crippen LogP contribution in [0.15, 0.2) is 114 Å². The second-order valence-electron chi connectivity index (χ2n) is 17.9. The molecule has 0 aliphatic heterocycles. The van der Waals surface area contributed by atoms with Crippen molar-refractivity contribution >= 4 is 76.6 Å². The molecule has 10 aromatic rings. The Balaban J connectivity index is 1.23. The molecule has 4 heteroatoms. The van der Waals surface area contributed by atoms with Gasteiger partial charge < -0.3 is 8.82 Å². The highest BCUT2D eigenvalue weighted by atomic mass is 16.3. The molecule has 16 rings (SSSR count). The number of hydrogen-bond donors (Lipinski definition) is 0. The van der Waals surface area contributed by atoms with E-state index < -0.39 is 0 Å². The minimum atomic E-state index is -0.348. The summed E-state index contributed by atoms with van der Waals surface area (Å²) in [6, 6.07) is 42.6. The van der Waals surface area contributed by atoms with Gasteiger partial charge in [0.05, 0.1) is 33.6 Å². The second-order valence-corrected chi connectivity index (χ2v) is 17.9. The summed E-state index contributed by atoms with van der Waals surface area (Å²) in [5.41, 5.74) is 14.9. The van der Waals surface area contributed by atoms with E-state index in [1.165, 1.54) is 49.5 Å². The maximum atomic E-state index is 14.7. The van der Waals surface area contributed by atoms with Crippen LogP contribution >= 0.6 is 0 Å². The summed E-state index contributed by atoms with van der Waals surface area (Å²) in [7, 11) is 0. The monoisotopic (exact) mass is 718 g/mol. The van der Waals surface area contributed by atoms with E-state index in [0.29, 0.717) is 0 Å². The number of carbonyl (C=O) groups is 1. The molecule has 56 heavy (non-hydrogen) atoms. The fraction of sp³-hybridized carbons (Fsp3) is 0.192. The smallest absolute Gasteiger partial charge is 0.169 e. The van der Waals surface area contributed by atoms with Gasteiger partial charge in [-0.1, -0.05) is 86.6 Å². The maximum Gasteiger partial charge on any atom is 0.169 e. The Bertz CT molecular complexity index is 3510. The molecule has 264 valence electrons. The van der Waals surface area contributed by atoms with Crippen LogP contribution in [0.25, 0.3) is 70.8 Å². The van der Waals surface area contributed by atoms with E-state index in [0.717, 1.165) is 97.0 Å². The summed E-state index contributed by atoms with van der Waals surface area (Å²) in [5.74, 6) is 0.246. The molecular formula is C52H34N2O2. The first kappa shape index (κ1) is 29.9. The molecule has 1 saturated carbocycles. The molecule has 0 radical (unpaired) electrons. The lowest BCUT2D eigenvalue weighted by Gasteiger charge is -2.43. The van der Waals surface area contributed by atoms with Crippen molar-refractivity contribution in [1.29, 1.82) is 5.26 Å². The van der Waals surface area contributed by atoms with E-state index >= 15 is 0 Å². The van der Waals surface area contributed by atoms with E-state index in [1.54, 1.807) is 0 Å². The van der Waals surface area contributed by atoms with Crippen molar-refractivity contribution in [3.63, 3.8) is 0 Å². The molecular weight excluding hydrogens is 685 g/mol. The highest BCUT2D eigenvalue weighted by Crippen LogP contribution is 2.61. The molecule has 0 amide bonds. The minimum absolute atomic E-state index is 0.00974. The molecule has 3 heterocycles. The van der Waals surface area contributed by atoms with Gasteiger partial charge in [-0.05, 0) is 117 Å². The molecule has 0 atom stereocenters. The molecule has 0 N–H and O–H groups in total. The van der Waals surface area contributed by atoms with Crippen molar-refractivity contribution < 1.29 is 9.21 Å². The van der Waals surface area contributed by atoms with Gasteiger partial charge in [-0.25, -0.2) is 0 Å². The molecule has 3 aromatic heterocycles. The van der Waals surface area contributed by atoms with Gasteiger partial charge in [0.1, 0.15) is 11.2 Å². The third kappa shape index (κ3) is 3.23. The molecule has 1 fully saturated rings. The van der Waals surface area contributed by atoms with Gasteiger partial charge in [0.25, 0.3) is 0 Å². The molecule has 6 aliphatic rings. The van der Waals surface area contributed by atoms with Crippen LogP contribution in [0, 0.1) is 16.7 Å². The van der Waals surface area contributed by atoms with E-state index in [-0.39, 0.29) is 28.4 Å². The number of carbonyl (C=O) groups excluding carboxylic acids is 1. The minimum Gasteiger partial charge on any atom is -0.455 e. The number of nitrogens with zero attached hydrogens (tertiary/aromatic N) is 2. The van der Waals surface area contributed by atoms with Gasteiger partial charge in [0.2, 0.25) is 0 Å². The number of furan rings is 1. The van der Waals surface area contributed by atoms with Gasteiger partial charge in [-0.15, -0.1) is 0 Å². The van der Waals surface area contributed by atoms with Crippen LogP contribution in [-0.4, -0.2) is 10.2 Å². The topological polar surface area (TPSA) is 58.4 Å². The van der Waals surface area contributed by atoms with Crippen LogP contribution in [0.5, 0.6) is 0 Å². The number of hydrogen-bond acceptors (Lipinski definition) is 3. The van der Waals surface area contributed by atoms with E-state index in [4.69, 9.17) is 4.42 Å². The van der Waals surface area contributed by atoms with Crippen LogP contribution in [0.4, 0.5) is 0 Å². The number of nitriles is 1. The predicted octanol–water partition coefficient (Wildman–Crippen LogP) is 12.8. The first-order valence-electron chi connectivity index (χ1n) is 20.1. The Morgan fingerprint density at radius 1 is 0.643 bits per heavy atom. The molecule has 7 aromatic carbocycles. The zero-order chi connectivity index (χ0) is 37.0. The van der Waals surface area contributed by atoms with Gasteiger partial charge in [-0.3, -0.25) is 4.79 Å². The standard InChI is InChI=1S/C52H34N2O2/c1-51-15-17-52(2,18-16-51)50(55)35-24-39-36(23-38(35)51)46-48-37(22-34-33-19-26-9-3-4-10-27(26)21-41(33)56-49(34)46)45-40(54(39)48)20-28(25-53)42-43-29-11-5-7-13-31(29)44(47(42)45)32-14-8-6-12-30(32)43/h3-14,19-24,43-44H,15-18H2,1-2H3. The number of rotatable bonds is 0. The largest absolute Gasteiger partial charge is 0.455 e. The lowest BCUT2D eigenvalue weighted by atomic mass is 9.59. The Morgan fingerprint density at radius 2 is 1.27 bits per heavy atom. The van der Waals surface area contributed by atoms with Crippen LogP contribution in [0.2, 0.25) is 0 Å². The summed E-state index contributed by atoms with van der Waals surface area (Å²) in [6.07, 6.45) is 3.85. The quantitative estimate of drug-likeness (QED) is 0.157. The van der Waals surface area contributed by atoms with Crippen molar-refractivity contribution in [2.24, 2.45) is 5.41 Å². The molecule has 4 bridgehead atoms. The lowest BCUT2D eigenvalue weighted by Crippen LogP contribution is -2.33. The summed E-state index contributed by atoms with van der Waals surface area (Å²) in [5, 5.41) is 20.2. The number of benzene rings is 7. The molecule has 4 nitrogen and oxygen atoms in total. The van der Waals surface area contributed by atoms with Crippen LogP contribution in [0.1, 0.15) is 106 Å². The first-order valence-corrected chi connectivity index (χ1v) is 20.1. The molecule has 0 spiro atoms. The molecule has 6 aliphatic carbocycles. The Kier molecular flexibility index (Phi) is 5.06. The van der Waals surface area contributed by atoms with Crippen LogP contribution in [0.3, 0.4) is 0 Å². The molecule has 0 saturated heterocycles. The fourth-order valence-electron chi connectivity index (χ4n) is 12.4. The second kappa shape index (κ2) is 9.49. The molecule has 0 unspecified atom stereocenters. The van der Waals surface area contributed by atoms with Crippen molar-refractivity contribution in [2.45, 2.75) is 56.8 Å². The Morgan fingerprint density at radius 3 is 1.95 bits per heavy atom. The third-order valence-corrected chi connectivity index (χ3v) is 15.2. The lowest BCUT2D eigenvalue weighted by molar-refractivity contribution is 0.0732. The van der Waals surface area contributed by atoms with Gasteiger partial charge in [0.15, 0.2) is 5.78 Å². The van der Waals surface area contributed by atoms with Crippen molar-refractivity contribution in [1.82, 2.24) is 4.40 Å². The van der Waals surface area contributed by atoms with Crippen LogP contribution < -0.4 is 0 Å². The van der Waals surface area contributed by atoms with Gasteiger partial charge in [-0.2, -0.15) is 5.26 Å². The van der Waals surface area contributed by atoms with E-state index in [1.807, 2.05) is 0 Å². The highest BCUT2D eigenvalue weighted by Gasteiger charge is 2.49. The first-order chi connectivity index (χ1) is 27.3. The maximum absolute atomic E-state index is 14.7.